The maximum absolute atomic E-state index is 14.3. The van der Waals surface area contributed by atoms with Crippen molar-refractivity contribution < 1.29 is 48.3 Å². The minimum Gasteiger partial charge on any atom is -0.496 e. The van der Waals surface area contributed by atoms with E-state index >= 15 is 0 Å². The normalized spacial score (nSPS) is 24.1. The molecule has 318 valence electrons. The van der Waals surface area contributed by atoms with Crippen LogP contribution in [0.25, 0.3) is 0 Å². The Balaban J connectivity index is 1.76. The van der Waals surface area contributed by atoms with Gasteiger partial charge in [-0.05, 0) is 98.2 Å². The lowest BCUT2D eigenvalue weighted by molar-refractivity contribution is -0.255. The van der Waals surface area contributed by atoms with E-state index in [9.17, 15) is 19.8 Å². The zero-order chi connectivity index (χ0) is 41.9. The maximum atomic E-state index is 14.3. The van der Waals surface area contributed by atoms with Gasteiger partial charge < -0.3 is 38.7 Å². The molecule has 5 rings (SSSR count). The molecule has 1 aliphatic heterocycles. The lowest BCUT2D eigenvalue weighted by atomic mass is 9.55. The van der Waals surface area contributed by atoms with Crippen molar-refractivity contribution >= 4 is 18.1 Å². The molecule has 3 aliphatic rings. The number of oxime groups is 1. The summed E-state index contributed by atoms with van der Waals surface area (Å²) in [6.07, 6.45) is 9.84. The third-order valence-corrected chi connectivity index (χ3v) is 11.2. The highest BCUT2D eigenvalue weighted by atomic mass is 16.7. The number of hydrogen-bond acceptors (Lipinski definition) is 11. The third-order valence-electron chi connectivity index (χ3n) is 11.2. The molecule has 2 aromatic carbocycles. The summed E-state index contributed by atoms with van der Waals surface area (Å²) in [5.41, 5.74) is 2.72. The molecule has 12 heteroatoms. The summed E-state index contributed by atoms with van der Waals surface area (Å²) in [6.45, 7) is 15.3. The molecule has 0 radical (unpaired) electrons. The second-order valence-corrected chi connectivity index (χ2v) is 16.6. The van der Waals surface area contributed by atoms with Crippen molar-refractivity contribution in [3.8, 4) is 23.0 Å². The van der Waals surface area contributed by atoms with Gasteiger partial charge in [0.25, 0.3) is 0 Å². The molecule has 12 nitrogen and oxygen atoms in total. The van der Waals surface area contributed by atoms with Crippen molar-refractivity contribution in [3.63, 3.8) is 0 Å². The van der Waals surface area contributed by atoms with Crippen LogP contribution in [0.2, 0.25) is 0 Å². The Morgan fingerprint density at radius 1 is 1.05 bits per heavy atom. The van der Waals surface area contributed by atoms with Crippen molar-refractivity contribution in [2.24, 2.45) is 28.3 Å². The number of carbonyl (C=O) groups is 2. The fraction of sp³-hybridized carbons (Fsp3) is 0.587. The van der Waals surface area contributed by atoms with E-state index in [1.165, 1.54) is 7.11 Å². The van der Waals surface area contributed by atoms with Gasteiger partial charge in [-0.2, -0.15) is 0 Å². The van der Waals surface area contributed by atoms with E-state index in [-0.39, 0.29) is 49.6 Å². The Hall–Kier alpha value is -4.39. The van der Waals surface area contributed by atoms with E-state index in [1.807, 2.05) is 52.8 Å². The number of unbranched alkanes of at least 4 members (excludes halogenated alkanes) is 2. The highest BCUT2D eigenvalue weighted by molar-refractivity contribution is 6.03. The molecule has 6 atom stereocenters. The SMILES string of the molecule is C=CCOC12Oc3ccc(Oc4ccc(OC)c(C=O)c4)cc3C3C(CCCCO)C(CCCCO)C=C(C(=NOCC)CC1N(CCC)C(=O)OCC(C)(C)C)C32. The first-order valence-corrected chi connectivity index (χ1v) is 20.9. The summed E-state index contributed by atoms with van der Waals surface area (Å²) < 4.78 is 32.1. The summed E-state index contributed by atoms with van der Waals surface area (Å²) in [7, 11) is 1.52. The van der Waals surface area contributed by atoms with Crippen LogP contribution in [0.3, 0.4) is 0 Å². The highest BCUT2D eigenvalue weighted by Gasteiger charge is 2.65. The zero-order valence-electron chi connectivity index (χ0n) is 35.2. The van der Waals surface area contributed by atoms with Crippen LogP contribution in [0.5, 0.6) is 23.0 Å². The number of amides is 1. The van der Waals surface area contributed by atoms with Crippen molar-refractivity contribution in [2.45, 2.75) is 104 Å². The lowest BCUT2D eigenvalue weighted by Crippen LogP contribution is -2.70. The first kappa shape index (κ1) is 44.7. The minimum absolute atomic E-state index is 0.0470. The fourth-order valence-corrected chi connectivity index (χ4v) is 8.83. The Kier molecular flexibility index (Phi) is 15.8. The number of benzene rings is 2. The first-order valence-electron chi connectivity index (χ1n) is 20.9. The number of ether oxygens (including phenoxy) is 5. The molecule has 6 unspecified atom stereocenters. The molecule has 0 spiro atoms. The number of fused-ring (bicyclic) bond motifs is 2. The van der Waals surface area contributed by atoms with Gasteiger partial charge >= 0.3 is 6.09 Å². The van der Waals surface area contributed by atoms with Gasteiger partial charge in [-0.1, -0.05) is 57.8 Å². The van der Waals surface area contributed by atoms with E-state index < -0.39 is 23.8 Å². The van der Waals surface area contributed by atoms with Gasteiger partial charge in [0.05, 0.1) is 37.5 Å². The number of aliphatic hydroxyl groups is 2. The van der Waals surface area contributed by atoms with E-state index in [0.29, 0.717) is 67.4 Å². The predicted molar refractivity (Wildman–Crippen MR) is 223 cm³/mol. The van der Waals surface area contributed by atoms with Gasteiger partial charge in [-0.15, -0.1) is 6.58 Å². The Bertz CT molecular complexity index is 1770. The molecule has 2 aliphatic carbocycles. The molecule has 0 aromatic heterocycles. The molecule has 0 saturated heterocycles. The second-order valence-electron chi connectivity index (χ2n) is 16.6. The molecular weight excluding hydrogens is 741 g/mol. The summed E-state index contributed by atoms with van der Waals surface area (Å²) in [5.74, 6) is 0.149. The zero-order valence-corrected chi connectivity index (χ0v) is 35.2. The quantitative estimate of drug-likeness (QED) is 0.0543. The Morgan fingerprint density at radius 2 is 1.78 bits per heavy atom. The van der Waals surface area contributed by atoms with E-state index in [1.54, 1.807) is 29.2 Å². The standard InChI is InChI=1S/C46H64N2O10/c1-8-21-48(44(52)54-30-45(4,5)6)41-28-38(47-56-10-3)36-26-31(15-11-13-22-49)35(16-12-14-23-50)42-37-27-34(57-33-17-19-39(53-7)32(25-33)29-51)18-20-40(37)58-46(41,43(36)42)55-24-9-2/h9,17-20,25-27,29,31,35,41-43,49-50H,2,8,10-16,21-24,28,30H2,1,3-7H3. The van der Waals surface area contributed by atoms with Crippen LogP contribution >= 0.6 is 0 Å². The van der Waals surface area contributed by atoms with Gasteiger partial charge in [0.2, 0.25) is 5.79 Å². The molecule has 1 fully saturated rings. The number of methoxy groups -OCH3 is 1. The van der Waals surface area contributed by atoms with Gasteiger partial charge in [-0.25, -0.2) is 4.79 Å². The third kappa shape index (κ3) is 10.1. The summed E-state index contributed by atoms with van der Waals surface area (Å²) >= 11 is 0. The van der Waals surface area contributed by atoms with Crippen LogP contribution in [-0.4, -0.2) is 91.7 Å². The molecule has 1 heterocycles. The number of aliphatic hydroxyl groups excluding tert-OH is 2. The van der Waals surface area contributed by atoms with Crippen LogP contribution in [0, 0.1) is 23.2 Å². The van der Waals surface area contributed by atoms with Gasteiger partial charge in [0, 0.05) is 37.7 Å². The molecule has 1 amide bonds. The smallest absolute Gasteiger partial charge is 0.410 e. The summed E-state index contributed by atoms with van der Waals surface area (Å²) in [6, 6.07) is 10.2. The summed E-state index contributed by atoms with van der Waals surface area (Å²) in [5, 5.41) is 24.5. The lowest BCUT2D eigenvalue weighted by Gasteiger charge is -2.60. The number of nitrogens with zero attached hydrogens (tertiary/aromatic N) is 2. The molecule has 58 heavy (non-hydrogen) atoms. The average molecular weight is 805 g/mol. The molecule has 2 aromatic rings. The van der Waals surface area contributed by atoms with E-state index in [2.05, 4.69) is 12.7 Å². The number of aldehydes is 1. The molecule has 2 N–H and O–H groups in total. The molecular formula is C46H64N2O10. The van der Waals surface area contributed by atoms with Crippen molar-refractivity contribution in [1.82, 2.24) is 4.90 Å². The molecule has 0 bridgehead atoms. The largest absolute Gasteiger partial charge is 0.496 e. The summed E-state index contributed by atoms with van der Waals surface area (Å²) in [4.78, 5) is 33.8. The van der Waals surface area contributed by atoms with Crippen LogP contribution in [-0.2, 0) is 14.3 Å². The topological polar surface area (TPSA) is 146 Å². The van der Waals surface area contributed by atoms with Crippen molar-refractivity contribution in [3.05, 3.63) is 71.8 Å². The average Bonchev–Trinajstić information content (AvgIpc) is 3.21. The highest BCUT2D eigenvalue weighted by Crippen LogP contribution is 2.62. The Morgan fingerprint density at radius 3 is 2.43 bits per heavy atom. The van der Waals surface area contributed by atoms with Crippen LogP contribution < -0.4 is 14.2 Å². The number of rotatable bonds is 21. The van der Waals surface area contributed by atoms with Crippen molar-refractivity contribution in [2.75, 3.05) is 46.7 Å². The van der Waals surface area contributed by atoms with Crippen LogP contribution in [0.4, 0.5) is 4.79 Å². The first-order chi connectivity index (χ1) is 28.0. The van der Waals surface area contributed by atoms with Crippen LogP contribution in [0.1, 0.15) is 108 Å². The van der Waals surface area contributed by atoms with Crippen LogP contribution in [0.15, 0.2) is 65.9 Å². The minimum atomic E-state index is -1.39. The van der Waals surface area contributed by atoms with E-state index in [4.69, 9.17) is 33.7 Å². The predicted octanol–water partition coefficient (Wildman–Crippen LogP) is 8.85. The van der Waals surface area contributed by atoms with Gasteiger partial charge in [0.1, 0.15) is 35.6 Å². The molecule has 1 saturated carbocycles. The fourth-order valence-electron chi connectivity index (χ4n) is 8.83. The number of hydrogen-bond donors (Lipinski definition) is 2. The van der Waals surface area contributed by atoms with E-state index in [0.717, 1.165) is 48.8 Å². The Labute approximate surface area is 344 Å². The monoisotopic (exact) mass is 804 g/mol. The number of carbonyl (C=O) groups excluding carboxylic acids is 2. The maximum Gasteiger partial charge on any atom is 0.410 e. The van der Waals surface area contributed by atoms with Crippen molar-refractivity contribution in [1.29, 1.82) is 0 Å². The number of allylic oxidation sites excluding steroid dienone is 1. The van der Waals surface area contributed by atoms with Gasteiger partial charge in [-0.3, -0.25) is 9.69 Å². The van der Waals surface area contributed by atoms with Gasteiger partial charge in [0.15, 0.2) is 6.29 Å². The second kappa shape index (κ2) is 20.5.